The van der Waals surface area contributed by atoms with Crippen molar-refractivity contribution in [1.82, 2.24) is 0 Å². The summed E-state index contributed by atoms with van der Waals surface area (Å²) in [6.07, 6.45) is 0.614. The minimum atomic E-state index is -0.533. The van der Waals surface area contributed by atoms with E-state index in [1.54, 1.807) is 12.1 Å². The van der Waals surface area contributed by atoms with Crippen LogP contribution in [0.15, 0.2) is 21.1 Å². The molecule has 0 N–H and O–H groups in total. The molecule has 1 rings (SSSR count). The van der Waals surface area contributed by atoms with Crippen molar-refractivity contribution < 1.29 is 14.3 Å². The minimum absolute atomic E-state index is 0.240. The van der Waals surface area contributed by atoms with E-state index in [0.717, 1.165) is 0 Å². The first kappa shape index (κ1) is 11.4. The fraction of sp³-hybridized carbons (Fsp3) is 0.111. The first-order valence-electron chi connectivity index (χ1n) is 3.62. The quantitative estimate of drug-likeness (QED) is 0.621. The summed E-state index contributed by atoms with van der Waals surface area (Å²) < 4.78 is 5.81. The molecule has 0 amide bonds. The van der Waals surface area contributed by atoms with Crippen LogP contribution < -0.4 is 0 Å². The average Bonchev–Trinajstić information content (AvgIpc) is 2.15. The number of carbonyl (C=O) groups excluding carboxylic acids is 2. The molecular weight excluding hydrogens is 316 g/mol. The van der Waals surface area contributed by atoms with Crippen LogP contribution in [0.5, 0.6) is 0 Å². The second-order valence-electron chi connectivity index (χ2n) is 2.46. The van der Waals surface area contributed by atoms with Gasteiger partial charge in [0.25, 0.3) is 0 Å². The van der Waals surface area contributed by atoms with Gasteiger partial charge in [-0.15, -0.1) is 0 Å². The van der Waals surface area contributed by atoms with Crippen LogP contribution in [0.25, 0.3) is 0 Å². The van der Waals surface area contributed by atoms with Crippen molar-refractivity contribution in [2.24, 2.45) is 0 Å². The number of rotatable bonds is 2. The molecule has 0 spiro atoms. The first-order chi connectivity index (χ1) is 6.60. The van der Waals surface area contributed by atoms with E-state index in [0.29, 0.717) is 20.8 Å². The van der Waals surface area contributed by atoms with Crippen LogP contribution in [0.2, 0.25) is 0 Å². The van der Waals surface area contributed by atoms with Crippen molar-refractivity contribution in [2.45, 2.75) is 0 Å². The summed E-state index contributed by atoms with van der Waals surface area (Å²) in [5.41, 5.74) is 0.531. The van der Waals surface area contributed by atoms with Crippen LogP contribution in [0, 0.1) is 0 Å². The minimum Gasteiger partial charge on any atom is -0.465 e. The average molecular weight is 322 g/mol. The number of hydrogen-bond donors (Lipinski definition) is 0. The van der Waals surface area contributed by atoms with Crippen LogP contribution in [0.4, 0.5) is 0 Å². The van der Waals surface area contributed by atoms with Crippen molar-refractivity contribution in [1.29, 1.82) is 0 Å². The molecule has 0 aliphatic rings. The van der Waals surface area contributed by atoms with Gasteiger partial charge in [0.05, 0.1) is 12.7 Å². The number of hydrogen-bond acceptors (Lipinski definition) is 3. The zero-order valence-electron chi connectivity index (χ0n) is 7.21. The lowest BCUT2D eigenvalue weighted by atomic mass is 10.1. The fourth-order valence-corrected chi connectivity index (χ4v) is 2.30. The van der Waals surface area contributed by atoms with Crippen LogP contribution in [-0.2, 0) is 4.74 Å². The highest BCUT2D eigenvalue weighted by atomic mass is 79.9. The molecule has 0 aromatic heterocycles. The standard InChI is InChI=1S/C9H6Br2O3/c1-14-9(13)6-2-5(10)3-8(11)7(6)4-12/h2-4H,1H3. The third kappa shape index (κ3) is 2.22. The molecule has 14 heavy (non-hydrogen) atoms. The van der Waals surface area contributed by atoms with E-state index in [-0.39, 0.29) is 5.56 Å². The summed E-state index contributed by atoms with van der Waals surface area (Å²) >= 11 is 6.41. The van der Waals surface area contributed by atoms with Gasteiger partial charge in [-0.1, -0.05) is 15.9 Å². The molecule has 0 saturated carbocycles. The maximum atomic E-state index is 11.3. The highest BCUT2D eigenvalue weighted by Gasteiger charge is 2.14. The van der Waals surface area contributed by atoms with Crippen LogP contribution in [-0.4, -0.2) is 19.4 Å². The van der Waals surface area contributed by atoms with Gasteiger partial charge in [0.1, 0.15) is 0 Å². The van der Waals surface area contributed by atoms with Crippen LogP contribution in [0.3, 0.4) is 0 Å². The Morgan fingerprint density at radius 2 is 2.07 bits per heavy atom. The van der Waals surface area contributed by atoms with Gasteiger partial charge in [0.15, 0.2) is 6.29 Å². The number of ether oxygens (including phenoxy) is 1. The van der Waals surface area contributed by atoms with Crippen molar-refractivity contribution in [2.75, 3.05) is 7.11 Å². The van der Waals surface area contributed by atoms with E-state index in [1.165, 1.54) is 7.11 Å². The molecule has 5 heteroatoms. The monoisotopic (exact) mass is 320 g/mol. The largest absolute Gasteiger partial charge is 0.465 e. The molecule has 0 heterocycles. The number of aldehydes is 1. The highest BCUT2D eigenvalue weighted by Crippen LogP contribution is 2.25. The SMILES string of the molecule is COC(=O)c1cc(Br)cc(Br)c1C=O. The van der Waals surface area contributed by atoms with Gasteiger partial charge in [-0.05, 0) is 28.1 Å². The Morgan fingerprint density at radius 1 is 1.43 bits per heavy atom. The molecule has 0 radical (unpaired) electrons. The predicted octanol–water partition coefficient (Wildman–Crippen LogP) is 2.81. The summed E-state index contributed by atoms with van der Waals surface area (Å²) in [5.74, 6) is -0.533. The highest BCUT2D eigenvalue weighted by molar-refractivity contribution is 9.11. The van der Waals surface area contributed by atoms with E-state index < -0.39 is 5.97 Å². The Kier molecular flexibility index (Phi) is 3.83. The van der Waals surface area contributed by atoms with E-state index >= 15 is 0 Å². The second-order valence-corrected chi connectivity index (χ2v) is 4.23. The maximum absolute atomic E-state index is 11.3. The summed E-state index contributed by atoms with van der Waals surface area (Å²) in [5, 5.41) is 0. The third-order valence-corrected chi connectivity index (χ3v) is 2.73. The number of carbonyl (C=O) groups is 2. The molecule has 0 aliphatic heterocycles. The molecule has 0 atom stereocenters. The van der Waals surface area contributed by atoms with Gasteiger partial charge in [-0.25, -0.2) is 4.79 Å². The number of halogens is 2. The maximum Gasteiger partial charge on any atom is 0.338 e. The number of esters is 1. The van der Waals surface area contributed by atoms with Crippen molar-refractivity contribution in [3.8, 4) is 0 Å². The molecule has 1 aromatic rings. The van der Waals surface area contributed by atoms with Crippen molar-refractivity contribution in [3.63, 3.8) is 0 Å². The van der Waals surface area contributed by atoms with Crippen LogP contribution >= 0.6 is 31.9 Å². The molecular formula is C9H6Br2O3. The zero-order chi connectivity index (χ0) is 10.7. The van der Waals surface area contributed by atoms with Crippen molar-refractivity contribution in [3.05, 3.63) is 32.2 Å². The number of benzene rings is 1. The van der Waals surface area contributed by atoms with E-state index in [1.807, 2.05) is 0 Å². The molecule has 0 unspecified atom stereocenters. The smallest absolute Gasteiger partial charge is 0.338 e. The molecule has 3 nitrogen and oxygen atoms in total. The molecule has 1 aromatic carbocycles. The third-order valence-electron chi connectivity index (χ3n) is 1.62. The molecule has 0 aliphatic carbocycles. The van der Waals surface area contributed by atoms with Gasteiger partial charge in [0, 0.05) is 14.5 Å². The Bertz CT molecular complexity index is 388. The van der Waals surface area contributed by atoms with Gasteiger partial charge in [0.2, 0.25) is 0 Å². The molecule has 74 valence electrons. The predicted molar refractivity (Wildman–Crippen MR) is 58.6 cm³/mol. The van der Waals surface area contributed by atoms with Gasteiger partial charge < -0.3 is 4.74 Å². The fourth-order valence-electron chi connectivity index (χ4n) is 0.983. The second kappa shape index (κ2) is 4.70. The van der Waals surface area contributed by atoms with E-state index in [2.05, 4.69) is 36.6 Å². The van der Waals surface area contributed by atoms with Crippen molar-refractivity contribution >= 4 is 44.1 Å². The lowest BCUT2D eigenvalue weighted by Crippen LogP contribution is -2.06. The Labute approximate surface area is 97.7 Å². The lowest BCUT2D eigenvalue weighted by Gasteiger charge is -2.05. The molecule has 0 saturated heterocycles. The normalized spacial score (nSPS) is 9.64. The number of methoxy groups -OCH3 is 1. The van der Waals surface area contributed by atoms with Gasteiger partial charge >= 0.3 is 5.97 Å². The molecule has 0 fully saturated rings. The first-order valence-corrected chi connectivity index (χ1v) is 5.21. The summed E-state index contributed by atoms with van der Waals surface area (Å²) in [6.45, 7) is 0. The Hall–Kier alpha value is -0.680. The topological polar surface area (TPSA) is 43.4 Å². The summed E-state index contributed by atoms with van der Waals surface area (Å²) in [6, 6.07) is 3.23. The Balaban J connectivity index is 3.39. The molecule has 0 bridgehead atoms. The van der Waals surface area contributed by atoms with E-state index in [9.17, 15) is 9.59 Å². The lowest BCUT2D eigenvalue weighted by molar-refractivity contribution is 0.0598. The van der Waals surface area contributed by atoms with Gasteiger partial charge in [-0.2, -0.15) is 0 Å². The Morgan fingerprint density at radius 3 is 2.57 bits per heavy atom. The zero-order valence-corrected chi connectivity index (χ0v) is 10.4. The summed E-state index contributed by atoms with van der Waals surface area (Å²) in [4.78, 5) is 22.0. The van der Waals surface area contributed by atoms with Crippen LogP contribution in [0.1, 0.15) is 20.7 Å². The summed E-state index contributed by atoms with van der Waals surface area (Å²) in [7, 11) is 1.27. The van der Waals surface area contributed by atoms with E-state index in [4.69, 9.17) is 0 Å². The van der Waals surface area contributed by atoms with Gasteiger partial charge in [-0.3, -0.25) is 4.79 Å².